The van der Waals surface area contributed by atoms with E-state index in [9.17, 15) is 4.79 Å². The predicted octanol–water partition coefficient (Wildman–Crippen LogP) is 2.93. The number of amides is 1. The lowest BCUT2D eigenvalue weighted by Crippen LogP contribution is -2.21. The molecular formula is C19H21N5O. The normalized spacial score (nSPS) is 10.8. The number of pyridine rings is 1. The van der Waals surface area contributed by atoms with Crippen molar-refractivity contribution in [3.05, 3.63) is 47.7 Å². The lowest BCUT2D eigenvalue weighted by molar-refractivity contribution is 0.0827. The zero-order valence-corrected chi connectivity index (χ0v) is 14.7. The Labute approximate surface area is 146 Å². The molecule has 0 aliphatic heterocycles. The van der Waals surface area contributed by atoms with Crippen LogP contribution in [0.3, 0.4) is 0 Å². The Bertz CT molecular complexity index is 936. The number of anilines is 1. The van der Waals surface area contributed by atoms with Gasteiger partial charge >= 0.3 is 0 Å². The molecule has 0 saturated heterocycles. The van der Waals surface area contributed by atoms with E-state index in [1.165, 1.54) is 0 Å². The Kier molecular flexibility index (Phi) is 4.61. The van der Waals surface area contributed by atoms with Crippen LogP contribution in [0.5, 0.6) is 0 Å². The number of hydrogen-bond donors (Lipinski definition) is 1. The third-order valence-electron chi connectivity index (χ3n) is 3.93. The number of carbonyl (C=O) groups is 1. The second kappa shape index (κ2) is 6.84. The number of hydrogen-bond acceptors (Lipinski definition) is 5. The van der Waals surface area contributed by atoms with Gasteiger partial charge in [0, 0.05) is 25.2 Å². The van der Waals surface area contributed by atoms with Crippen LogP contribution in [0.15, 0.2) is 36.4 Å². The predicted molar refractivity (Wildman–Crippen MR) is 99.2 cm³/mol. The van der Waals surface area contributed by atoms with Crippen molar-refractivity contribution in [2.24, 2.45) is 0 Å². The van der Waals surface area contributed by atoms with E-state index in [0.29, 0.717) is 5.56 Å². The molecule has 0 saturated carbocycles. The zero-order chi connectivity index (χ0) is 18.0. The van der Waals surface area contributed by atoms with Gasteiger partial charge in [-0.15, -0.1) is 0 Å². The van der Waals surface area contributed by atoms with E-state index in [1.54, 1.807) is 25.1 Å². The minimum absolute atomic E-state index is 0.0366. The molecule has 0 aliphatic rings. The third-order valence-corrected chi connectivity index (χ3v) is 3.93. The maximum atomic E-state index is 12.2. The first-order chi connectivity index (χ1) is 12.0. The standard InChI is InChI=1S/C19H21N5O/c1-4-6-15-17-16(23-19(20)22-15)10-9-14(21-17)12-7-5-8-13(11-12)18(25)24(2)3/h5,7-11H,4,6H2,1-3H3,(H2,20,22,23). The smallest absolute Gasteiger partial charge is 0.253 e. The molecule has 3 aromatic rings. The molecule has 6 heteroatoms. The molecule has 2 aromatic heterocycles. The average molecular weight is 335 g/mol. The molecule has 0 radical (unpaired) electrons. The molecule has 0 fully saturated rings. The average Bonchev–Trinajstić information content (AvgIpc) is 2.61. The molecule has 1 aromatic carbocycles. The molecule has 2 N–H and O–H groups in total. The zero-order valence-electron chi connectivity index (χ0n) is 14.7. The molecule has 0 unspecified atom stereocenters. The largest absolute Gasteiger partial charge is 0.368 e. The van der Waals surface area contributed by atoms with Crippen LogP contribution in [-0.4, -0.2) is 39.9 Å². The molecule has 1 amide bonds. The van der Waals surface area contributed by atoms with Crippen molar-refractivity contribution < 1.29 is 4.79 Å². The highest BCUT2D eigenvalue weighted by molar-refractivity contribution is 5.95. The monoisotopic (exact) mass is 335 g/mol. The molecule has 0 bridgehead atoms. The highest BCUT2D eigenvalue weighted by atomic mass is 16.2. The highest BCUT2D eigenvalue weighted by Crippen LogP contribution is 2.24. The lowest BCUT2D eigenvalue weighted by Gasteiger charge is -2.11. The molecule has 3 rings (SSSR count). The quantitative estimate of drug-likeness (QED) is 0.792. The van der Waals surface area contributed by atoms with Gasteiger partial charge in [-0.1, -0.05) is 25.5 Å². The maximum Gasteiger partial charge on any atom is 0.253 e. The number of nitrogen functional groups attached to an aromatic ring is 1. The van der Waals surface area contributed by atoms with E-state index < -0.39 is 0 Å². The van der Waals surface area contributed by atoms with Crippen molar-refractivity contribution in [3.63, 3.8) is 0 Å². The number of carbonyl (C=O) groups excluding carboxylic acids is 1. The van der Waals surface area contributed by atoms with E-state index in [2.05, 4.69) is 16.9 Å². The van der Waals surface area contributed by atoms with Gasteiger partial charge in [0.05, 0.1) is 16.9 Å². The van der Waals surface area contributed by atoms with Crippen molar-refractivity contribution in [3.8, 4) is 11.3 Å². The number of nitrogens with two attached hydrogens (primary N) is 1. The van der Waals surface area contributed by atoms with Crippen molar-refractivity contribution in [2.45, 2.75) is 19.8 Å². The second-order valence-electron chi connectivity index (χ2n) is 6.12. The molecule has 0 aliphatic carbocycles. The molecular weight excluding hydrogens is 314 g/mol. The summed E-state index contributed by atoms with van der Waals surface area (Å²) in [6.45, 7) is 2.09. The molecule has 0 atom stereocenters. The minimum Gasteiger partial charge on any atom is -0.368 e. The SMILES string of the molecule is CCCc1nc(N)nc2ccc(-c3cccc(C(=O)N(C)C)c3)nc12. The summed E-state index contributed by atoms with van der Waals surface area (Å²) >= 11 is 0. The summed E-state index contributed by atoms with van der Waals surface area (Å²) in [5.74, 6) is 0.231. The summed E-state index contributed by atoms with van der Waals surface area (Å²) in [6, 6.07) is 11.3. The van der Waals surface area contributed by atoms with Crippen LogP contribution in [0.25, 0.3) is 22.3 Å². The fraction of sp³-hybridized carbons (Fsp3) is 0.263. The van der Waals surface area contributed by atoms with Crippen molar-refractivity contribution in [1.82, 2.24) is 19.9 Å². The maximum absolute atomic E-state index is 12.2. The molecule has 2 heterocycles. The fourth-order valence-corrected chi connectivity index (χ4v) is 2.74. The number of rotatable bonds is 4. The number of aryl methyl sites for hydroxylation is 1. The first-order valence-corrected chi connectivity index (χ1v) is 8.25. The van der Waals surface area contributed by atoms with Crippen LogP contribution in [0.4, 0.5) is 5.95 Å². The van der Waals surface area contributed by atoms with Gasteiger partial charge in [-0.2, -0.15) is 0 Å². The van der Waals surface area contributed by atoms with Gasteiger partial charge in [0.25, 0.3) is 5.91 Å². The van der Waals surface area contributed by atoms with E-state index in [-0.39, 0.29) is 11.9 Å². The van der Waals surface area contributed by atoms with Crippen molar-refractivity contribution in [2.75, 3.05) is 19.8 Å². The van der Waals surface area contributed by atoms with Crippen LogP contribution in [0, 0.1) is 0 Å². The highest BCUT2D eigenvalue weighted by Gasteiger charge is 2.12. The summed E-state index contributed by atoms with van der Waals surface area (Å²) in [5.41, 5.74) is 10.4. The van der Waals surface area contributed by atoms with Gasteiger partial charge < -0.3 is 10.6 Å². The number of benzene rings is 1. The first-order valence-electron chi connectivity index (χ1n) is 8.25. The summed E-state index contributed by atoms with van der Waals surface area (Å²) < 4.78 is 0. The first kappa shape index (κ1) is 16.8. The van der Waals surface area contributed by atoms with E-state index in [1.807, 2.05) is 30.3 Å². The number of nitrogens with zero attached hydrogens (tertiary/aromatic N) is 4. The molecule has 25 heavy (non-hydrogen) atoms. The molecule has 128 valence electrons. The second-order valence-corrected chi connectivity index (χ2v) is 6.12. The van der Waals surface area contributed by atoms with Gasteiger partial charge in [-0.05, 0) is 30.7 Å². The number of aromatic nitrogens is 3. The van der Waals surface area contributed by atoms with Gasteiger partial charge in [-0.3, -0.25) is 4.79 Å². The summed E-state index contributed by atoms with van der Waals surface area (Å²) in [7, 11) is 3.48. The fourth-order valence-electron chi connectivity index (χ4n) is 2.74. The van der Waals surface area contributed by atoms with Crippen molar-refractivity contribution in [1.29, 1.82) is 0 Å². The summed E-state index contributed by atoms with van der Waals surface area (Å²) in [5, 5.41) is 0. The van der Waals surface area contributed by atoms with Crippen LogP contribution in [0.1, 0.15) is 29.4 Å². The topological polar surface area (TPSA) is 85.0 Å². The Balaban J connectivity index is 2.10. The summed E-state index contributed by atoms with van der Waals surface area (Å²) in [4.78, 5) is 27.1. The van der Waals surface area contributed by atoms with Crippen LogP contribution in [0.2, 0.25) is 0 Å². The van der Waals surface area contributed by atoms with E-state index in [4.69, 9.17) is 10.7 Å². The number of fused-ring (bicyclic) bond motifs is 1. The summed E-state index contributed by atoms with van der Waals surface area (Å²) in [6.07, 6.45) is 1.74. The van der Waals surface area contributed by atoms with Crippen LogP contribution >= 0.6 is 0 Å². The Morgan fingerprint density at radius 3 is 2.64 bits per heavy atom. The minimum atomic E-state index is -0.0366. The molecule has 0 spiro atoms. The van der Waals surface area contributed by atoms with Gasteiger partial charge in [0.15, 0.2) is 0 Å². The van der Waals surface area contributed by atoms with Crippen LogP contribution < -0.4 is 5.73 Å². The Morgan fingerprint density at radius 2 is 1.92 bits per heavy atom. The Hall–Kier alpha value is -3.02. The van der Waals surface area contributed by atoms with E-state index >= 15 is 0 Å². The van der Waals surface area contributed by atoms with Gasteiger partial charge in [-0.25, -0.2) is 15.0 Å². The lowest BCUT2D eigenvalue weighted by atomic mass is 10.1. The van der Waals surface area contributed by atoms with E-state index in [0.717, 1.165) is 40.8 Å². The third kappa shape index (κ3) is 3.42. The van der Waals surface area contributed by atoms with Crippen LogP contribution in [-0.2, 0) is 6.42 Å². The Morgan fingerprint density at radius 1 is 1.12 bits per heavy atom. The van der Waals surface area contributed by atoms with Crippen molar-refractivity contribution >= 4 is 22.9 Å². The van der Waals surface area contributed by atoms with Gasteiger partial charge in [0.1, 0.15) is 5.52 Å². The van der Waals surface area contributed by atoms with Gasteiger partial charge in [0.2, 0.25) is 5.95 Å². The molecule has 6 nitrogen and oxygen atoms in total.